The lowest BCUT2D eigenvalue weighted by atomic mass is 9.66. The quantitative estimate of drug-likeness (QED) is 0.913. The topological polar surface area (TPSA) is 59.1 Å². The predicted molar refractivity (Wildman–Crippen MR) is 81.9 cm³/mol. The second kappa shape index (κ2) is 5.28. The fraction of sp³-hybridized carbons (Fsp3) is 0.438. The van der Waals surface area contributed by atoms with E-state index in [4.69, 9.17) is 5.73 Å². The molecule has 1 aromatic carbocycles. The highest BCUT2D eigenvalue weighted by molar-refractivity contribution is 7.09. The number of hydrogen-bond donors (Lipinski definition) is 2. The molecule has 0 spiro atoms. The Morgan fingerprint density at radius 2 is 2.25 bits per heavy atom. The summed E-state index contributed by atoms with van der Waals surface area (Å²) in [6, 6.07) is 8.36. The molecule has 0 amide bonds. The molecule has 4 heteroatoms. The van der Waals surface area contributed by atoms with E-state index in [0.717, 1.165) is 30.0 Å². The van der Waals surface area contributed by atoms with Crippen LogP contribution in [0.3, 0.4) is 0 Å². The Bertz CT molecular complexity index is 610. The van der Waals surface area contributed by atoms with Crippen LogP contribution >= 0.6 is 11.3 Å². The van der Waals surface area contributed by atoms with Crippen LogP contribution in [-0.4, -0.2) is 16.6 Å². The summed E-state index contributed by atoms with van der Waals surface area (Å²) in [6.07, 6.45) is 2.44. The molecule has 0 saturated heterocycles. The predicted octanol–water partition coefficient (Wildman–Crippen LogP) is 2.72. The first-order chi connectivity index (χ1) is 9.67. The van der Waals surface area contributed by atoms with Crippen molar-refractivity contribution in [1.29, 1.82) is 0 Å². The highest BCUT2D eigenvalue weighted by atomic mass is 32.1. The molecule has 3 N–H and O–H groups in total. The number of hydrogen-bond acceptors (Lipinski definition) is 4. The van der Waals surface area contributed by atoms with Crippen LogP contribution in [0.15, 0.2) is 29.6 Å². The first kappa shape index (κ1) is 13.7. The summed E-state index contributed by atoms with van der Waals surface area (Å²) in [5, 5.41) is 13.7. The third-order valence-electron chi connectivity index (χ3n) is 4.38. The van der Waals surface area contributed by atoms with Gasteiger partial charge in [-0.15, -0.1) is 11.3 Å². The fourth-order valence-corrected chi connectivity index (χ4v) is 4.19. The molecular formula is C16H20N2OS. The Morgan fingerprint density at radius 3 is 2.95 bits per heavy atom. The molecule has 2 aromatic rings. The van der Waals surface area contributed by atoms with Gasteiger partial charge in [0.1, 0.15) is 11.1 Å². The van der Waals surface area contributed by atoms with E-state index < -0.39 is 6.10 Å². The van der Waals surface area contributed by atoms with E-state index in [1.165, 1.54) is 22.5 Å². The van der Waals surface area contributed by atoms with Crippen molar-refractivity contribution in [2.75, 3.05) is 6.54 Å². The van der Waals surface area contributed by atoms with Crippen LogP contribution in [-0.2, 0) is 11.8 Å². The molecule has 3 rings (SSSR count). The van der Waals surface area contributed by atoms with E-state index in [2.05, 4.69) is 23.2 Å². The van der Waals surface area contributed by atoms with Crippen molar-refractivity contribution in [3.8, 4) is 0 Å². The lowest BCUT2D eigenvalue weighted by Crippen LogP contribution is -2.43. The lowest BCUT2D eigenvalue weighted by Gasteiger charge is -2.41. The van der Waals surface area contributed by atoms with E-state index in [1.807, 2.05) is 18.4 Å². The Balaban J connectivity index is 2.08. The third-order valence-corrected chi connectivity index (χ3v) is 5.40. The van der Waals surface area contributed by atoms with E-state index in [9.17, 15) is 5.11 Å². The molecule has 0 saturated carbocycles. The molecule has 0 aliphatic heterocycles. The average molecular weight is 288 g/mol. The van der Waals surface area contributed by atoms with Crippen molar-refractivity contribution in [2.45, 2.75) is 37.7 Å². The Labute approximate surface area is 123 Å². The summed E-state index contributed by atoms with van der Waals surface area (Å²) < 4.78 is 0. The number of benzene rings is 1. The van der Waals surface area contributed by atoms with Gasteiger partial charge in [0.2, 0.25) is 0 Å². The second-order valence-corrected chi connectivity index (χ2v) is 6.49. The SMILES string of the molecule is Cc1csc(C(O)C2(CN)CCCc3ccccc32)n1. The zero-order valence-corrected chi connectivity index (χ0v) is 12.5. The summed E-state index contributed by atoms with van der Waals surface area (Å²) >= 11 is 1.52. The van der Waals surface area contributed by atoms with Gasteiger partial charge < -0.3 is 10.8 Å². The van der Waals surface area contributed by atoms with Gasteiger partial charge in [0, 0.05) is 23.0 Å². The summed E-state index contributed by atoms with van der Waals surface area (Å²) in [5.41, 5.74) is 9.20. The van der Waals surface area contributed by atoms with E-state index in [1.54, 1.807) is 0 Å². The van der Waals surface area contributed by atoms with Gasteiger partial charge in [-0.05, 0) is 37.3 Å². The van der Waals surface area contributed by atoms with Gasteiger partial charge in [-0.1, -0.05) is 24.3 Å². The maximum Gasteiger partial charge on any atom is 0.122 e. The first-order valence-corrected chi connectivity index (χ1v) is 7.94. The molecule has 106 valence electrons. The number of rotatable bonds is 3. The molecule has 1 aromatic heterocycles. The summed E-state index contributed by atoms with van der Waals surface area (Å²) in [6.45, 7) is 2.40. The van der Waals surface area contributed by atoms with Gasteiger partial charge in [0.15, 0.2) is 0 Å². The molecule has 2 unspecified atom stereocenters. The minimum Gasteiger partial charge on any atom is -0.385 e. The van der Waals surface area contributed by atoms with Gasteiger partial charge in [-0.2, -0.15) is 0 Å². The molecule has 0 bridgehead atoms. The Morgan fingerprint density at radius 1 is 1.45 bits per heavy atom. The zero-order valence-electron chi connectivity index (χ0n) is 11.7. The third kappa shape index (κ3) is 2.08. The summed E-state index contributed by atoms with van der Waals surface area (Å²) in [4.78, 5) is 4.46. The van der Waals surface area contributed by atoms with Crippen LogP contribution in [0.2, 0.25) is 0 Å². The van der Waals surface area contributed by atoms with E-state index in [-0.39, 0.29) is 5.41 Å². The summed E-state index contributed by atoms with van der Waals surface area (Å²) in [7, 11) is 0. The minimum absolute atomic E-state index is 0.390. The molecule has 3 nitrogen and oxygen atoms in total. The average Bonchev–Trinajstić information content (AvgIpc) is 2.92. The van der Waals surface area contributed by atoms with Crippen molar-refractivity contribution in [3.63, 3.8) is 0 Å². The fourth-order valence-electron chi connectivity index (χ4n) is 3.29. The van der Waals surface area contributed by atoms with Crippen LogP contribution in [0.25, 0.3) is 0 Å². The van der Waals surface area contributed by atoms with Gasteiger partial charge in [0.05, 0.1) is 0 Å². The zero-order chi connectivity index (χ0) is 14.2. The molecule has 0 radical (unpaired) electrons. The minimum atomic E-state index is -0.618. The monoisotopic (exact) mass is 288 g/mol. The van der Waals surface area contributed by atoms with Crippen molar-refractivity contribution < 1.29 is 5.11 Å². The number of nitrogens with two attached hydrogens (primary N) is 1. The van der Waals surface area contributed by atoms with Gasteiger partial charge in [-0.25, -0.2) is 4.98 Å². The molecule has 1 heterocycles. The molecule has 1 aliphatic rings. The normalized spacial score (nSPS) is 23.4. The van der Waals surface area contributed by atoms with E-state index >= 15 is 0 Å². The first-order valence-electron chi connectivity index (χ1n) is 7.06. The van der Waals surface area contributed by atoms with Crippen LogP contribution in [0.4, 0.5) is 0 Å². The molecule has 0 fully saturated rings. The molecule has 2 atom stereocenters. The molecule has 20 heavy (non-hydrogen) atoms. The van der Waals surface area contributed by atoms with Crippen LogP contribution in [0, 0.1) is 6.92 Å². The number of fused-ring (bicyclic) bond motifs is 1. The number of aliphatic hydroxyl groups is 1. The number of aliphatic hydroxyl groups excluding tert-OH is 1. The summed E-state index contributed by atoms with van der Waals surface area (Å²) in [5.74, 6) is 0. The lowest BCUT2D eigenvalue weighted by molar-refractivity contribution is 0.0715. The number of nitrogens with zero attached hydrogens (tertiary/aromatic N) is 1. The second-order valence-electron chi connectivity index (χ2n) is 5.60. The largest absolute Gasteiger partial charge is 0.385 e. The van der Waals surface area contributed by atoms with Gasteiger partial charge in [0.25, 0.3) is 0 Å². The maximum atomic E-state index is 10.9. The van der Waals surface area contributed by atoms with Gasteiger partial charge in [-0.3, -0.25) is 0 Å². The number of aromatic nitrogens is 1. The smallest absolute Gasteiger partial charge is 0.122 e. The highest BCUT2D eigenvalue weighted by Crippen LogP contribution is 2.45. The molecule has 1 aliphatic carbocycles. The van der Waals surface area contributed by atoms with Crippen molar-refractivity contribution >= 4 is 11.3 Å². The maximum absolute atomic E-state index is 10.9. The van der Waals surface area contributed by atoms with E-state index in [0.29, 0.717) is 6.54 Å². The van der Waals surface area contributed by atoms with Crippen LogP contribution in [0.5, 0.6) is 0 Å². The number of aryl methyl sites for hydroxylation is 2. The molecular weight excluding hydrogens is 268 g/mol. The van der Waals surface area contributed by atoms with Crippen molar-refractivity contribution in [3.05, 3.63) is 51.5 Å². The number of thiazole rings is 1. The standard InChI is InChI=1S/C16H20N2OS/c1-11-9-20-15(18-11)14(19)16(10-17)8-4-6-12-5-2-3-7-13(12)16/h2-3,5,7,9,14,19H,4,6,8,10,17H2,1H3. The van der Waals surface area contributed by atoms with Crippen molar-refractivity contribution in [2.24, 2.45) is 5.73 Å². The van der Waals surface area contributed by atoms with Crippen LogP contribution in [0.1, 0.15) is 40.8 Å². The Kier molecular flexibility index (Phi) is 3.63. The van der Waals surface area contributed by atoms with Crippen molar-refractivity contribution in [1.82, 2.24) is 4.98 Å². The highest BCUT2D eigenvalue weighted by Gasteiger charge is 2.43. The van der Waals surface area contributed by atoms with Crippen LogP contribution < -0.4 is 5.73 Å². The van der Waals surface area contributed by atoms with Gasteiger partial charge >= 0.3 is 0 Å². The Hall–Kier alpha value is -1.23.